The van der Waals surface area contributed by atoms with E-state index in [0.29, 0.717) is 39.4 Å². The smallest absolute Gasteiger partial charge is 0.260 e. The van der Waals surface area contributed by atoms with Crippen LogP contribution >= 0.6 is 34.7 Å². The molecule has 1 saturated carbocycles. The number of benzene rings is 1. The summed E-state index contributed by atoms with van der Waals surface area (Å²) in [6.45, 7) is 2.24. The molecule has 0 N–H and O–H groups in total. The molecule has 1 aliphatic carbocycles. The van der Waals surface area contributed by atoms with E-state index < -0.39 is 5.25 Å². The molecule has 1 aromatic carbocycles. The fourth-order valence-corrected chi connectivity index (χ4v) is 5.91. The molecular formula is C21H23ClN4O3S2. The minimum Gasteiger partial charge on any atom is -0.284 e. The maximum absolute atomic E-state index is 13.2. The number of thioether (sulfide) groups is 1. The van der Waals surface area contributed by atoms with Crippen molar-refractivity contribution >= 4 is 57.6 Å². The maximum atomic E-state index is 13.2. The van der Waals surface area contributed by atoms with Gasteiger partial charge in [0.1, 0.15) is 0 Å². The van der Waals surface area contributed by atoms with Crippen molar-refractivity contribution in [2.24, 2.45) is 0 Å². The average Bonchev–Trinajstić information content (AvgIpc) is 3.53. The number of hydrogen-bond acceptors (Lipinski definition) is 7. The summed E-state index contributed by atoms with van der Waals surface area (Å²) in [6.07, 6.45) is 4.67. The molecule has 10 heteroatoms. The lowest BCUT2D eigenvalue weighted by Gasteiger charge is -2.22. The van der Waals surface area contributed by atoms with Crippen LogP contribution in [0.2, 0.25) is 5.02 Å². The summed E-state index contributed by atoms with van der Waals surface area (Å²) in [7, 11) is 0. The van der Waals surface area contributed by atoms with Crippen molar-refractivity contribution < 1.29 is 14.4 Å². The second kappa shape index (κ2) is 9.67. The van der Waals surface area contributed by atoms with Gasteiger partial charge in [0, 0.05) is 29.6 Å². The summed E-state index contributed by atoms with van der Waals surface area (Å²) in [6, 6.07) is 6.79. The van der Waals surface area contributed by atoms with Gasteiger partial charge in [-0.1, -0.05) is 48.0 Å². The highest BCUT2D eigenvalue weighted by atomic mass is 35.5. The van der Waals surface area contributed by atoms with Crippen LogP contribution < -0.4 is 4.90 Å². The van der Waals surface area contributed by atoms with Gasteiger partial charge < -0.3 is 0 Å². The van der Waals surface area contributed by atoms with Gasteiger partial charge in [0.25, 0.3) is 5.91 Å². The third-order valence-electron chi connectivity index (χ3n) is 5.30. The predicted molar refractivity (Wildman–Crippen MR) is 122 cm³/mol. The fraction of sp³-hybridized carbons (Fsp3) is 0.476. The SMILES string of the molecule is CCC(=O)N(c1nnc(SC2CCCCN(C(=O)c3ccc(Cl)cc3)C2=O)s1)C1CC1. The zero-order valence-electron chi connectivity index (χ0n) is 17.1. The summed E-state index contributed by atoms with van der Waals surface area (Å²) in [4.78, 5) is 41.5. The van der Waals surface area contributed by atoms with Crippen LogP contribution in [0.15, 0.2) is 28.6 Å². The van der Waals surface area contributed by atoms with Gasteiger partial charge >= 0.3 is 0 Å². The third-order valence-corrected chi connectivity index (χ3v) is 7.82. The van der Waals surface area contributed by atoms with E-state index in [2.05, 4.69) is 10.2 Å². The fourth-order valence-electron chi connectivity index (χ4n) is 3.51. The van der Waals surface area contributed by atoms with Crippen molar-refractivity contribution in [2.75, 3.05) is 11.4 Å². The number of likely N-dealkylation sites (tertiary alicyclic amines) is 1. The number of nitrogens with zero attached hydrogens (tertiary/aromatic N) is 4. The molecule has 1 atom stereocenters. The first kappa shape index (κ1) is 22.2. The Hall–Kier alpha value is -1.97. The molecule has 0 bridgehead atoms. The molecule has 1 unspecified atom stereocenters. The largest absolute Gasteiger partial charge is 0.284 e. The molecule has 2 heterocycles. The monoisotopic (exact) mass is 478 g/mol. The Bertz CT molecular complexity index is 977. The van der Waals surface area contributed by atoms with Crippen molar-refractivity contribution in [2.45, 2.75) is 61.1 Å². The Morgan fingerprint density at radius 3 is 2.61 bits per heavy atom. The number of amides is 3. The van der Waals surface area contributed by atoms with Crippen LogP contribution in [0.4, 0.5) is 5.13 Å². The lowest BCUT2D eigenvalue weighted by Crippen LogP contribution is -2.41. The Morgan fingerprint density at radius 2 is 1.94 bits per heavy atom. The number of halogens is 1. The van der Waals surface area contributed by atoms with E-state index in [1.54, 1.807) is 29.2 Å². The van der Waals surface area contributed by atoms with Gasteiger partial charge in [0.05, 0.1) is 5.25 Å². The van der Waals surface area contributed by atoms with E-state index >= 15 is 0 Å². The van der Waals surface area contributed by atoms with E-state index in [0.717, 1.165) is 25.7 Å². The lowest BCUT2D eigenvalue weighted by atomic mass is 10.2. The van der Waals surface area contributed by atoms with Gasteiger partial charge in [0.15, 0.2) is 4.34 Å². The van der Waals surface area contributed by atoms with Gasteiger partial charge in [-0.05, 0) is 49.9 Å². The summed E-state index contributed by atoms with van der Waals surface area (Å²) in [5.74, 6) is -0.469. The molecule has 3 amide bonds. The highest BCUT2D eigenvalue weighted by Crippen LogP contribution is 2.38. The van der Waals surface area contributed by atoms with E-state index in [1.165, 1.54) is 28.0 Å². The standard InChI is InChI=1S/C21H23ClN4O3S2/c1-2-17(27)26(15-10-11-15)20-23-24-21(31-20)30-16-5-3-4-12-25(19(16)29)18(28)13-6-8-14(22)9-7-13/h6-9,15-16H,2-5,10-12H2,1H3. The van der Waals surface area contributed by atoms with Gasteiger partial charge in [0.2, 0.25) is 16.9 Å². The van der Waals surface area contributed by atoms with Crippen molar-refractivity contribution in [1.82, 2.24) is 15.1 Å². The predicted octanol–water partition coefficient (Wildman–Crippen LogP) is 4.41. The van der Waals surface area contributed by atoms with Crippen LogP contribution in [0.25, 0.3) is 0 Å². The minimum atomic E-state index is -0.407. The number of carbonyl (C=O) groups is 3. The quantitative estimate of drug-likeness (QED) is 0.451. The number of imide groups is 1. The van der Waals surface area contributed by atoms with Crippen LogP contribution in [0.1, 0.15) is 55.8 Å². The summed E-state index contributed by atoms with van der Waals surface area (Å²) in [5.41, 5.74) is 0.444. The number of anilines is 1. The summed E-state index contributed by atoms with van der Waals surface area (Å²) < 4.78 is 0.642. The average molecular weight is 479 g/mol. The van der Waals surface area contributed by atoms with Gasteiger partial charge in [-0.25, -0.2) is 0 Å². The van der Waals surface area contributed by atoms with Crippen molar-refractivity contribution in [3.8, 4) is 0 Å². The Balaban J connectivity index is 1.48. The molecule has 1 saturated heterocycles. The number of hydrogen-bond donors (Lipinski definition) is 0. The molecule has 2 aliphatic rings. The molecule has 31 heavy (non-hydrogen) atoms. The Kier molecular flexibility index (Phi) is 6.93. The highest BCUT2D eigenvalue weighted by Gasteiger charge is 2.36. The molecule has 4 rings (SSSR count). The topological polar surface area (TPSA) is 83.5 Å². The molecule has 7 nitrogen and oxygen atoms in total. The number of aromatic nitrogens is 2. The first-order valence-corrected chi connectivity index (χ1v) is 12.5. The zero-order valence-corrected chi connectivity index (χ0v) is 19.5. The molecule has 2 aromatic rings. The Labute approximate surface area is 194 Å². The maximum Gasteiger partial charge on any atom is 0.260 e. The lowest BCUT2D eigenvalue weighted by molar-refractivity contribution is -0.127. The minimum absolute atomic E-state index is 0.0421. The Morgan fingerprint density at radius 1 is 1.19 bits per heavy atom. The molecule has 164 valence electrons. The van der Waals surface area contributed by atoms with Gasteiger partial charge in [-0.15, -0.1) is 10.2 Å². The molecule has 1 aromatic heterocycles. The molecule has 2 fully saturated rings. The van der Waals surface area contributed by atoms with E-state index in [-0.39, 0.29) is 23.8 Å². The first-order chi connectivity index (χ1) is 15.0. The van der Waals surface area contributed by atoms with E-state index in [4.69, 9.17) is 11.6 Å². The second-order valence-electron chi connectivity index (χ2n) is 7.60. The van der Waals surface area contributed by atoms with Gasteiger partial charge in [-0.3, -0.25) is 24.2 Å². The molecule has 1 aliphatic heterocycles. The van der Waals surface area contributed by atoms with Crippen LogP contribution in [0.5, 0.6) is 0 Å². The first-order valence-electron chi connectivity index (χ1n) is 10.4. The van der Waals surface area contributed by atoms with E-state index in [9.17, 15) is 14.4 Å². The van der Waals surface area contributed by atoms with Crippen LogP contribution in [0.3, 0.4) is 0 Å². The number of carbonyl (C=O) groups excluding carboxylic acids is 3. The van der Waals surface area contributed by atoms with Crippen LogP contribution in [-0.4, -0.2) is 50.7 Å². The van der Waals surface area contributed by atoms with Crippen LogP contribution in [0, 0.1) is 0 Å². The zero-order chi connectivity index (χ0) is 22.0. The normalized spacial score (nSPS) is 19.2. The van der Waals surface area contributed by atoms with E-state index in [1.807, 2.05) is 6.92 Å². The molecule has 0 radical (unpaired) electrons. The summed E-state index contributed by atoms with van der Waals surface area (Å²) in [5, 5.41) is 9.17. The van der Waals surface area contributed by atoms with Crippen molar-refractivity contribution in [3.05, 3.63) is 34.9 Å². The van der Waals surface area contributed by atoms with Gasteiger partial charge in [-0.2, -0.15) is 0 Å². The van der Waals surface area contributed by atoms with Crippen LogP contribution in [-0.2, 0) is 9.59 Å². The third kappa shape index (κ3) is 5.10. The molecular weight excluding hydrogens is 456 g/mol. The van der Waals surface area contributed by atoms with Crippen molar-refractivity contribution in [1.29, 1.82) is 0 Å². The van der Waals surface area contributed by atoms with Crippen molar-refractivity contribution in [3.63, 3.8) is 0 Å². The highest BCUT2D eigenvalue weighted by molar-refractivity contribution is 8.02. The number of rotatable bonds is 6. The second-order valence-corrected chi connectivity index (χ2v) is 10.4. The summed E-state index contributed by atoms with van der Waals surface area (Å²) >= 11 is 8.59. The molecule has 0 spiro atoms.